The molecule has 0 saturated carbocycles. The minimum Gasteiger partial charge on any atom is -0.369 e. The first-order chi connectivity index (χ1) is 6.54. The summed E-state index contributed by atoms with van der Waals surface area (Å²) in [6.45, 7) is 5.98. The van der Waals surface area contributed by atoms with Gasteiger partial charge in [-0.15, -0.1) is 0 Å². The molecule has 3 nitrogen and oxygen atoms in total. The summed E-state index contributed by atoms with van der Waals surface area (Å²) < 4.78 is 0. The fraction of sp³-hybridized carbons (Fsp3) is 0.455. The van der Waals surface area contributed by atoms with Crippen molar-refractivity contribution in [2.24, 2.45) is 5.73 Å². The molecular weight excluding hydrogens is 176 g/mol. The minimum absolute atomic E-state index is 0.240. The van der Waals surface area contributed by atoms with Crippen LogP contribution >= 0.6 is 0 Å². The lowest BCUT2D eigenvalue weighted by atomic mass is 9.91. The van der Waals surface area contributed by atoms with Gasteiger partial charge in [-0.25, -0.2) is 0 Å². The van der Waals surface area contributed by atoms with Crippen LogP contribution in [0.1, 0.15) is 43.7 Å². The van der Waals surface area contributed by atoms with Crippen LogP contribution in [0.5, 0.6) is 0 Å². The number of rotatable bonds is 3. The number of amides is 1. The predicted molar refractivity (Wildman–Crippen MR) is 55.9 cm³/mol. The fourth-order valence-corrected chi connectivity index (χ4v) is 1.45. The number of nitrogens with two attached hydrogens (primary N) is 1. The van der Waals surface area contributed by atoms with Gasteiger partial charge in [0.2, 0.25) is 5.91 Å². The summed E-state index contributed by atoms with van der Waals surface area (Å²) in [5, 5.41) is 0. The zero-order chi connectivity index (χ0) is 10.7. The van der Waals surface area contributed by atoms with E-state index < -0.39 is 0 Å². The molecule has 1 unspecified atom stereocenters. The highest BCUT2D eigenvalue weighted by Gasteiger charge is 2.16. The van der Waals surface area contributed by atoms with Crippen LogP contribution in [0.2, 0.25) is 0 Å². The third-order valence-electron chi connectivity index (χ3n) is 2.40. The van der Waals surface area contributed by atoms with Gasteiger partial charge in [-0.2, -0.15) is 0 Å². The molecule has 3 heteroatoms. The van der Waals surface area contributed by atoms with Gasteiger partial charge in [0.25, 0.3) is 0 Å². The quantitative estimate of drug-likeness (QED) is 0.793. The van der Waals surface area contributed by atoms with Crippen LogP contribution in [0.25, 0.3) is 0 Å². The van der Waals surface area contributed by atoms with E-state index in [1.165, 1.54) is 0 Å². The molecule has 0 aliphatic carbocycles. The molecule has 1 aromatic rings. The van der Waals surface area contributed by atoms with E-state index in [0.29, 0.717) is 5.92 Å². The lowest BCUT2D eigenvalue weighted by Crippen LogP contribution is -2.20. The molecule has 1 amide bonds. The van der Waals surface area contributed by atoms with Crippen molar-refractivity contribution in [2.75, 3.05) is 0 Å². The van der Waals surface area contributed by atoms with Crippen molar-refractivity contribution in [2.45, 2.75) is 32.6 Å². The Hall–Kier alpha value is -1.38. The van der Waals surface area contributed by atoms with Crippen LogP contribution in [0.4, 0.5) is 0 Å². The van der Waals surface area contributed by atoms with Crippen LogP contribution in [-0.2, 0) is 4.79 Å². The Bertz CT molecular complexity index is 334. The molecule has 0 bridgehead atoms. The molecule has 0 aliphatic heterocycles. The van der Waals surface area contributed by atoms with E-state index in [4.69, 9.17) is 5.73 Å². The van der Waals surface area contributed by atoms with Crippen LogP contribution in [0, 0.1) is 0 Å². The molecule has 1 heterocycles. The molecule has 0 spiro atoms. The highest BCUT2D eigenvalue weighted by Crippen LogP contribution is 2.24. The Balaban J connectivity index is 3.13. The monoisotopic (exact) mass is 192 g/mol. The van der Waals surface area contributed by atoms with Crippen molar-refractivity contribution in [1.82, 2.24) is 4.98 Å². The second-order valence-electron chi connectivity index (χ2n) is 3.78. The van der Waals surface area contributed by atoms with Gasteiger partial charge in [0.1, 0.15) is 0 Å². The van der Waals surface area contributed by atoms with Gasteiger partial charge in [0, 0.05) is 12.4 Å². The van der Waals surface area contributed by atoms with Gasteiger partial charge >= 0.3 is 0 Å². The van der Waals surface area contributed by atoms with Crippen molar-refractivity contribution in [3.63, 3.8) is 0 Å². The van der Waals surface area contributed by atoms with E-state index in [9.17, 15) is 4.79 Å². The molecule has 0 saturated heterocycles. The van der Waals surface area contributed by atoms with E-state index in [-0.39, 0.29) is 11.8 Å². The summed E-state index contributed by atoms with van der Waals surface area (Å²) >= 11 is 0. The largest absolute Gasteiger partial charge is 0.369 e. The Labute approximate surface area is 84.3 Å². The average Bonchev–Trinajstić information content (AvgIpc) is 2.16. The smallest absolute Gasteiger partial charge is 0.224 e. The summed E-state index contributed by atoms with van der Waals surface area (Å²) in [5.74, 6) is -0.172. The van der Waals surface area contributed by atoms with E-state index in [0.717, 1.165) is 11.1 Å². The topological polar surface area (TPSA) is 56.0 Å². The number of carbonyl (C=O) groups excluding carboxylic acids is 1. The summed E-state index contributed by atoms with van der Waals surface area (Å²) in [6.07, 6.45) is 3.50. The number of nitrogens with zero attached hydrogens (tertiary/aromatic N) is 1. The predicted octanol–water partition coefficient (Wildman–Crippen LogP) is 1.79. The number of aromatic nitrogens is 1. The van der Waals surface area contributed by atoms with Crippen LogP contribution in [0.3, 0.4) is 0 Å². The zero-order valence-corrected chi connectivity index (χ0v) is 8.82. The summed E-state index contributed by atoms with van der Waals surface area (Å²) in [7, 11) is 0. The molecule has 0 fully saturated rings. The number of hydrogen-bond acceptors (Lipinski definition) is 2. The first-order valence-electron chi connectivity index (χ1n) is 4.77. The maximum Gasteiger partial charge on any atom is 0.224 e. The molecule has 0 aromatic carbocycles. The second-order valence-corrected chi connectivity index (χ2v) is 3.78. The van der Waals surface area contributed by atoms with E-state index in [1.54, 1.807) is 12.4 Å². The van der Waals surface area contributed by atoms with Gasteiger partial charge in [0.15, 0.2) is 0 Å². The number of carbonyl (C=O) groups is 1. The lowest BCUT2D eigenvalue weighted by Gasteiger charge is -2.15. The molecule has 1 atom stereocenters. The Morgan fingerprint density at radius 2 is 2.00 bits per heavy atom. The van der Waals surface area contributed by atoms with Crippen LogP contribution in [-0.4, -0.2) is 10.9 Å². The highest BCUT2D eigenvalue weighted by atomic mass is 16.1. The lowest BCUT2D eigenvalue weighted by molar-refractivity contribution is -0.119. The van der Waals surface area contributed by atoms with Crippen molar-refractivity contribution >= 4 is 5.91 Å². The van der Waals surface area contributed by atoms with Gasteiger partial charge in [0.05, 0.1) is 5.92 Å². The van der Waals surface area contributed by atoms with Crippen molar-refractivity contribution in [3.05, 3.63) is 29.6 Å². The number of hydrogen-bond donors (Lipinski definition) is 1. The van der Waals surface area contributed by atoms with E-state index in [1.807, 2.05) is 13.0 Å². The molecule has 1 rings (SSSR count). The van der Waals surface area contributed by atoms with Gasteiger partial charge in [-0.05, 0) is 30.0 Å². The number of primary amides is 1. The SMILES string of the molecule is CC(C)c1cnccc1C(C)C(N)=O. The van der Waals surface area contributed by atoms with Gasteiger partial charge < -0.3 is 5.73 Å². The second kappa shape index (κ2) is 4.22. The van der Waals surface area contributed by atoms with E-state index in [2.05, 4.69) is 18.8 Å². The normalized spacial score (nSPS) is 12.9. The first kappa shape index (κ1) is 10.7. The van der Waals surface area contributed by atoms with E-state index >= 15 is 0 Å². The molecule has 0 radical (unpaired) electrons. The standard InChI is InChI=1S/C11H16N2O/c1-7(2)10-6-13-5-4-9(10)8(3)11(12)14/h4-8H,1-3H3,(H2,12,14). The third kappa shape index (κ3) is 2.10. The minimum atomic E-state index is -0.293. The average molecular weight is 192 g/mol. The molecule has 14 heavy (non-hydrogen) atoms. The van der Waals surface area contributed by atoms with Crippen molar-refractivity contribution in [1.29, 1.82) is 0 Å². The Morgan fingerprint density at radius 1 is 1.36 bits per heavy atom. The maximum absolute atomic E-state index is 11.1. The summed E-state index contributed by atoms with van der Waals surface area (Å²) in [6, 6.07) is 1.87. The fourth-order valence-electron chi connectivity index (χ4n) is 1.45. The Morgan fingerprint density at radius 3 is 2.50 bits per heavy atom. The first-order valence-corrected chi connectivity index (χ1v) is 4.77. The van der Waals surface area contributed by atoms with Gasteiger partial charge in [-0.1, -0.05) is 13.8 Å². The van der Waals surface area contributed by atoms with Crippen LogP contribution in [0.15, 0.2) is 18.5 Å². The third-order valence-corrected chi connectivity index (χ3v) is 2.40. The molecule has 2 N–H and O–H groups in total. The highest BCUT2D eigenvalue weighted by molar-refractivity contribution is 5.81. The summed E-state index contributed by atoms with van der Waals surface area (Å²) in [5.41, 5.74) is 7.36. The Kier molecular flexibility index (Phi) is 3.23. The maximum atomic E-state index is 11.1. The zero-order valence-electron chi connectivity index (χ0n) is 8.82. The molecule has 76 valence electrons. The number of pyridine rings is 1. The molecular formula is C11H16N2O. The van der Waals surface area contributed by atoms with Crippen molar-refractivity contribution < 1.29 is 4.79 Å². The summed E-state index contributed by atoms with van der Waals surface area (Å²) in [4.78, 5) is 15.1. The molecule has 0 aliphatic rings. The molecule has 1 aromatic heterocycles. The van der Waals surface area contributed by atoms with Gasteiger partial charge in [-0.3, -0.25) is 9.78 Å². The van der Waals surface area contributed by atoms with Crippen molar-refractivity contribution in [3.8, 4) is 0 Å². The van der Waals surface area contributed by atoms with Crippen LogP contribution < -0.4 is 5.73 Å².